The van der Waals surface area contributed by atoms with Crippen LogP contribution in [0.5, 0.6) is 0 Å². The van der Waals surface area contributed by atoms with Crippen LogP contribution >= 0.6 is 11.6 Å². The number of carbonyl (C=O) groups is 2. The maximum atomic E-state index is 13.8. The third kappa shape index (κ3) is 1.85. The van der Waals surface area contributed by atoms with Crippen molar-refractivity contribution < 1.29 is 14.0 Å². The van der Waals surface area contributed by atoms with Gasteiger partial charge in [-0.25, -0.2) is 14.3 Å². The van der Waals surface area contributed by atoms with Crippen molar-refractivity contribution in [3.63, 3.8) is 0 Å². The first-order valence-electron chi connectivity index (χ1n) is 6.01. The maximum absolute atomic E-state index is 13.8. The summed E-state index contributed by atoms with van der Waals surface area (Å²) in [5.41, 5.74) is 1.01. The lowest BCUT2D eigenvalue weighted by Crippen LogP contribution is -2.33. The molecule has 1 aliphatic heterocycles. The van der Waals surface area contributed by atoms with Crippen molar-refractivity contribution in [1.29, 1.82) is 0 Å². The lowest BCUT2D eigenvalue weighted by molar-refractivity contribution is -0.120. The summed E-state index contributed by atoms with van der Waals surface area (Å²) in [5.74, 6) is -1.94. The van der Waals surface area contributed by atoms with E-state index in [1.807, 2.05) is 0 Å². The van der Waals surface area contributed by atoms with Crippen LogP contribution in [0.3, 0.4) is 0 Å². The number of amides is 2. The van der Waals surface area contributed by atoms with E-state index in [1.165, 1.54) is 6.20 Å². The summed E-state index contributed by atoms with van der Waals surface area (Å²) in [7, 11) is 0. The predicted molar refractivity (Wildman–Crippen MR) is 67.2 cm³/mol. The van der Waals surface area contributed by atoms with Gasteiger partial charge in [-0.3, -0.25) is 9.59 Å². The summed E-state index contributed by atoms with van der Waals surface area (Å²) < 4.78 is 13.8. The molecule has 0 N–H and O–H groups in total. The Morgan fingerprint density at radius 2 is 1.74 bits per heavy atom. The number of imide groups is 1. The van der Waals surface area contributed by atoms with Gasteiger partial charge in [-0.05, 0) is 31.7 Å². The molecule has 2 aliphatic rings. The van der Waals surface area contributed by atoms with E-state index in [-0.39, 0.29) is 10.8 Å². The smallest absolute Gasteiger partial charge is 0.263 e. The van der Waals surface area contributed by atoms with Gasteiger partial charge in [-0.2, -0.15) is 0 Å². The molecule has 3 rings (SSSR count). The number of halogens is 2. The molecule has 0 aromatic carbocycles. The van der Waals surface area contributed by atoms with E-state index in [1.54, 1.807) is 0 Å². The van der Waals surface area contributed by atoms with Gasteiger partial charge in [0.1, 0.15) is 0 Å². The quantitative estimate of drug-likeness (QED) is 0.743. The number of hydrogen-bond donors (Lipinski definition) is 0. The third-order valence-electron chi connectivity index (χ3n) is 3.39. The summed E-state index contributed by atoms with van der Waals surface area (Å²) in [6.45, 7) is 0. The van der Waals surface area contributed by atoms with Gasteiger partial charge in [0.25, 0.3) is 11.8 Å². The molecule has 1 aliphatic carbocycles. The molecule has 0 unspecified atom stereocenters. The van der Waals surface area contributed by atoms with Crippen LogP contribution < -0.4 is 4.90 Å². The number of carbonyl (C=O) groups excluding carboxylic acids is 2. The van der Waals surface area contributed by atoms with Gasteiger partial charge in [-0.15, -0.1) is 0 Å². The van der Waals surface area contributed by atoms with Crippen molar-refractivity contribution in [3.05, 3.63) is 34.2 Å². The van der Waals surface area contributed by atoms with Gasteiger partial charge in [0.2, 0.25) is 0 Å². The molecule has 0 spiro atoms. The summed E-state index contributed by atoms with van der Waals surface area (Å²) in [5, 5.41) is 0.123. The van der Waals surface area contributed by atoms with Crippen molar-refractivity contribution >= 4 is 29.2 Å². The second kappa shape index (κ2) is 4.42. The fourth-order valence-corrected chi connectivity index (χ4v) is 2.65. The number of pyridine rings is 1. The molecule has 19 heavy (non-hydrogen) atoms. The SMILES string of the molecule is O=C1C2=C(CCCC2)C(=O)N1c1ncc(Cl)cc1F. The number of aromatic nitrogens is 1. The Kier molecular flexibility index (Phi) is 2.86. The molecule has 0 saturated carbocycles. The molecular formula is C13H10ClFN2O2. The van der Waals surface area contributed by atoms with Crippen LogP contribution in [0.15, 0.2) is 23.4 Å². The standard InChI is InChI=1S/C13H10ClFN2O2/c14-7-5-10(15)11(16-6-7)17-12(18)8-3-1-2-4-9(8)13(17)19/h5-6H,1-4H2. The second-order valence-corrected chi connectivity index (χ2v) is 5.01. The molecule has 1 aromatic rings. The Balaban J connectivity index is 2.04. The maximum Gasteiger partial charge on any atom is 0.263 e. The number of hydrogen-bond acceptors (Lipinski definition) is 3. The predicted octanol–water partition coefficient (Wildman–Crippen LogP) is 2.62. The minimum Gasteiger partial charge on any atom is -0.269 e. The molecule has 2 heterocycles. The van der Waals surface area contributed by atoms with Crippen LogP contribution in [0.1, 0.15) is 25.7 Å². The van der Waals surface area contributed by atoms with Crippen LogP contribution in [0, 0.1) is 5.82 Å². The summed E-state index contributed by atoms with van der Waals surface area (Å²) >= 11 is 5.62. The monoisotopic (exact) mass is 280 g/mol. The van der Waals surface area contributed by atoms with Gasteiger partial charge in [-0.1, -0.05) is 11.6 Å². The summed E-state index contributed by atoms with van der Waals surface area (Å²) in [6.07, 6.45) is 4.12. The average Bonchev–Trinajstić information content (AvgIpc) is 2.64. The highest BCUT2D eigenvalue weighted by Crippen LogP contribution is 2.35. The Bertz CT molecular complexity index is 599. The van der Waals surface area contributed by atoms with E-state index in [0.29, 0.717) is 24.0 Å². The number of nitrogens with zero attached hydrogens (tertiary/aromatic N) is 2. The Labute approximate surface area is 113 Å². The van der Waals surface area contributed by atoms with E-state index < -0.39 is 17.6 Å². The van der Waals surface area contributed by atoms with Gasteiger partial charge in [0, 0.05) is 17.3 Å². The molecule has 98 valence electrons. The molecular weight excluding hydrogens is 271 g/mol. The van der Waals surface area contributed by atoms with Crippen LogP contribution in [-0.4, -0.2) is 16.8 Å². The van der Waals surface area contributed by atoms with Crippen LogP contribution in [0.2, 0.25) is 5.02 Å². The molecule has 0 fully saturated rings. The fraction of sp³-hybridized carbons (Fsp3) is 0.308. The van der Waals surface area contributed by atoms with E-state index in [9.17, 15) is 14.0 Å². The molecule has 2 amide bonds. The van der Waals surface area contributed by atoms with Gasteiger partial charge in [0.15, 0.2) is 11.6 Å². The lowest BCUT2D eigenvalue weighted by atomic mass is 9.93. The number of rotatable bonds is 1. The topological polar surface area (TPSA) is 50.3 Å². The zero-order chi connectivity index (χ0) is 13.6. The molecule has 0 atom stereocenters. The molecule has 1 aromatic heterocycles. The van der Waals surface area contributed by atoms with Crippen molar-refractivity contribution in [1.82, 2.24) is 4.98 Å². The van der Waals surface area contributed by atoms with Gasteiger partial charge in [0.05, 0.1) is 5.02 Å². The molecule has 0 radical (unpaired) electrons. The van der Waals surface area contributed by atoms with E-state index in [4.69, 9.17) is 11.6 Å². The summed E-state index contributed by atoms with van der Waals surface area (Å²) in [6, 6.07) is 1.04. The molecule has 0 saturated heterocycles. The Morgan fingerprint density at radius 1 is 1.16 bits per heavy atom. The van der Waals surface area contributed by atoms with Crippen molar-refractivity contribution in [2.24, 2.45) is 0 Å². The van der Waals surface area contributed by atoms with E-state index >= 15 is 0 Å². The van der Waals surface area contributed by atoms with Crippen molar-refractivity contribution in [3.8, 4) is 0 Å². The van der Waals surface area contributed by atoms with E-state index in [2.05, 4.69) is 4.98 Å². The largest absolute Gasteiger partial charge is 0.269 e. The zero-order valence-electron chi connectivity index (χ0n) is 9.95. The highest BCUT2D eigenvalue weighted by molar-refractivity contribution is 6.33. The normalized spacial score (nSPS) is 19.2. The van der Waals surface area contributed by atoms with Crippen molar-refractivity contribution in [2.45, 2.75) is 25.7 Å². The minimum atomic E-state index is -0.769. The highest BCUT2D eigenvalue weighted by Gasteiger charge is 2.41. The second-order valence-electron chi connectivity index (χ2n) is 4.57. The molecule has 6 heteroatoms. The first-order valence-corrected chi connectivity index (χ1v) is 6.39. The minimum absolute atomic E-state index is 0.123. The fourth-order valence-electron chi connectivity index (χ4n) is 2.50. The molecule has 4 nitrogen and oxygen atoms in total. The zero-order valence-corrected chi connectivity index (χ0v) is 10.7. The first kappa shape index (κ1) is 12.3. The Morgan fingerprint density at radius 3 is 2.26 bits per heavy atom. The molecule has 0 bridgehead atoms. The van der Waals surface area contributed by atoms with Crippen LogP contribution in [-0.2, 0) is 9.59 Å². The first-order chi connectivity index (χ1) is 9.09. The highest BCUT2D eigenvalue weighted by atomic mass is 35.5. The summed E-state index contributed by atoms with van der Waals surface area (Å²) in [4.78, 5) is 29.0. The van der Waals surface area contributed by atoms with Crippen LogP contribution in [0.25, 0.3) is 0 Å². The third-order valence-corrected chi connectivity index (χ3v) is 3.60. The van der Waals surface area contributed by atoms with Crippen LogP contribution in [0.4, 0.5) is 10.2 Å². The Hall–Kier alpha value is -1.75. The average molecular weight is 281 g/mol. The lowest BCUT2D eigenvalue weighted by Gasteiger charge is -2.14. The number of anilines is 1. The van der Waals surface area contributed by atoms with E-state index in [0.717, 1.165) is 23.8 Å². The van der Waals surface area contributed by atoms with Gasteiger partial charge < -0.3 is 0 Å². The van der Waals surface area contributed by atoms with Crippen molar-refractivity contribution in [2.75, 3.05) is 4.90 Å². The van der Waals surface area contributed by atoms with Gasteiger partial charge >= 0.3 is 0 Å².